The van der Waals surface area contributed by atoms with E-state index in [2.05, 4.69) is 22.3 Å². The molecular formula is C18H22N2O2S. The average molecular weight is 330 g/mol. The van der Waals surface area contributed by atoms with Crippen LogP contribution in [0.1, 0.15) is 23.2 Å². The van der Waals surface area contributed by atoms with Gasteiger partial charge in [0.25, 0.3) is 5.91 Å². The molecule has 0 unspecified atom stereocenters. The molecule has 1 aliphatic rings. The average Bonchev–Trinajstić information content (AvgIpc) is 3.07. The zero-order chi connectivity index (χ0) is 16.1. The maximum absolute atomic E-state index is 12.2. The van der Waals surface area contributed by atoms with E-state index in [4.69, 9.17) is 0 Å². The molecular weight excluding hydrogens is 308 g/mol. The summed E-state index contributed by atoms with van der Waals surface area (Å²) in [6, 6.07) is 12.1. The second kappa shape index (κ2) is 7.73. The molecule has 0 aliphatic carbocycles. The number of nitrogens with one attached hydrogen (secondary N) is 1. The van der Waals surface area contributed by atoms with Gasteiger partial charge in [-0.2, -0.15) is 0 Å². The van der Waals surface area contributed by atoms with Crippen molar-refractivity contribution in [2.75, 3.05) is 26.2 Å². The molecule has 1 fully saturated rings. The van der Waals surface area contributed by atoms with Crippen molar-refractivity contribution in [3.63, 3.8) is 0 Å². The van der Waals surface area contributed by atoms with Gasteiger partial charge in [0.2, 0.25) is 0 Å². The third kappa shape index (κ3) is 4.41. The van der Waals surface area contributed by atoms with Crippen LogP contribution in [-0.4, -0.2) is 48.2 Å². The van der Waals surface area contributed by atoms with Gasteiger partial charge in [-0.05, 0) is 24.5 Å². The van der Waals surface area contributed by atoms with Gasteiger partial charge in [0.1, 0.15) is 0 Å². The molecule has 23 heavy (non-hydrogen) atoms. The highest BCUT2D eigenvalue weighted by Crippen LogP contribution is 2.26. The van der Waals surface area contributed by atoms with E-state index in [0.29, 0.717) is 6.54 Å². The molecule has 1 aromatic carbocycles. The molecule has 1 aliphatic heterocycles. The number of benzene rings is 1. The molecule has 4 nitrogen and oxygen atoms in total. The maximum Gasteiger partial charge on any atom is 0.252 e. The minimum atomic E-state index is -0.150. The molecule has 1 saturated heterocycles. The molecule has 5 heteroatoms. The lowest BCUT2D eigenvalue weighted by Gasteiger charge is -2.29. The quantitative estimate of drug-likeness (QED) is 0.886. The zero-order valence-electron chi connectivity index (χ0n) is 13.1. The van der Waals surface area contributed by atoms with Crippen LogP contribution >= 0.6 is 11.3 Å². The maximum atomic E-state index is 12.2. The Kier molecular flexibility index (Phi) is 5.43. The number of amides is 1. The Morgan fingerprint density at radius 1 is 1.26 bits per heavy atom. The summed E-state index contributed by atoms with van der Waals surface area (Å²) in [6.45, 7) is 3.31. The van der Waals surface area contributed by atoms with E-state index in [-0.39, 0.29) is 12.0 Å². The lowest BCUT2D eigenvalue weighted by molar-refractivity contribution is 0.0804. The molecule has 2 heterocycles. The number of likely N-dealkylation sites (tertiary alicyclic amines) is 1. The van der Waals surface area contributed by atoms with Crippen molar-refractivity contribution in [2.24, 2.45) is 0 Å². The number of rotatable bonds is 5. The normalized spacial score (nSPS) is 16.4. The zero-order valence-corrected chi connectivity index (χ0v) is 13.9. The van der Waals surface area contributed by atoms with Crippen molar-refractivity contribution in [2.45, 2.75) is 18.9 Å². The van der Waals surface area contributed by atoms with Gasteiger partial charge in [0, 0.05) is 36.4 Å². The first-order chi connectivity index (χ1) is 11.2. The SMILES string of the molecule is O=C(NCCN1CCC(O)CC1)c1csc(-c2ccccc2)c1. The monoisotopic (exact) mass is 330 g/mol. The van der Waals surface area contributed by atoms with Gasteiger partial charge in [0.05, 0.1) is 11.7 Å². The fraction of sp³-hybridized carbons (Fsp3) is 0.389. The molecule has 122 valence electrons. The summed E-state index contributed by atoms with van der Waals surface area (Å²) in [4.78, 5) is 15.6. The van der Waals surface area contributed by atoms with E-state index >= 15 is 0 Å². The first-order valence-corrected chi connectivity index (χ1v) is 8.93. The van der Waals surface area contributed by atoms with E-state index in [9.17, 15) is 9.90 Å². The van der Waals surface area contributed by atoms with Gasteiger partial charge >= 0.3 is 0 Å². The third-order valence-corrected chi connectivity index (χ3v) is 5.17. The number of thiophene rings is 1. The number of carbonyl (C=O) groups excluding carboxylic acids is 1. The van der Waals surface area contributed by atoms with Crippen LogP contribution in [0.5, 0.6) is 0 Å². The Morgan fingerprint density at radius 2 is 2.00 bits per heavy atom. The molecule has 0 atom stereocenters. The van der Waals surface area contributed by atoms with Crippen LogP contribution in [0.3, 0.4) is 0 Å². The number of nitrogens with zero attached hydrogens (tertiary/aromatic N) is 1. The lowest BCUT2D eigenvalue weighted by atomic mass is 10.1. The van der Waals surface area contributed by atoms with Crippen LogP contribution in [0.2, 0.25) is 0 Å². The first-order valence-electron chi connectivity index (χ1n) is 8.05. The molecule has 0 bridgehead atoms. The van der Waals surface area contributed by atoms with E-state index in [1.54, 1.807) is 11.3 Å². The highest BCUT2D eigenvalue weighted by molar-refractivity contribution is 7.13. The molecule has 1 amide bonds. The van der Waals surface area contributed by atoms with Crippen molar-refractivity contribution >= 4 is 17.2 Å². The van der Waals surface area contributed by atoms with Gasteiger partial charge in [-0.25, -0.2) is 0 Å². The van der Waals surface area contributed by atoms with Crippen LogP contribution in [-0.2, 0) is 0 Å². The topological polar surface area (TPSA) is 52.6 Å². The summed E-state index contributed by atoms with van der Waals surface area (Å²) < 4.78 is 0. The summed E-state index contributed by atoms with van der Waals surface area (Å²) in [5.74, 6) is -0.0134. The molecule has 2 aromatic rings. The molecule has 2 N–H and O–H groups in total. The van der Waals surface area contributed by atoms with E-state index in [1.807, 2.05) is 29.6 Å². The van der Waals surface area contributed by atoms with Crippen molar-refractivity contribution in [3.8, 4) is 10.4 Å². The molecule has 0 saturated carbocycles. The van der Waals surface area contributed by atoms with E-state index in [1.165, 1.54) is 0 Å². The summed E-state index contributed by atoms with van der Waals surface area (Å²) in [5, 5.41) is 14.4. The summed E-state index contributed by atoms with van der Waals surface area (Å²) >= 11 is 1.59. The second-order valence-electron chi connectivity index (χ2n) is 5.89. The fourth-order valence-electron chi connectivity index (χ4n) is 2.78. The van der Waals surface area contributed by atoms with Gasteiger partial charge in [-0.1, -0.05) is 30.3 Å². The van der Waals surface area contributed by atoms with Crippen molar-refractivity contribution in [1.29, 1.82) is 0 Å². The van der Waals surface area contributed by atoms with Crippen LogP contribution in [0.15, 0.2) is 41.8 Å². The molecule has 0 radical (unpaired) electrons. The van der Waals surface area contributed by atoms with Crippen LogP contribution in [0.4, 0.5) is 0 Å². The van der Waals surface area contributed by atoms with Crippen molar-refractivity contribution < 1.29 is 9.90 Å². The van der Waals surface area contributed by atoms with Crippen LogP contribution in [0.25, 0.3) is 10.4 Å². The predicted molar refractivity (Wildman–Crippen MR) is 93.8 cm³/mol. The van der Waals surface area contributed by atoms with Gasteiger partial charge in [0.15, 0.2) is 0 Å². The highest BCUT2D eigenvalue weighted by Gasteiger charge is 2.16. The minimum absolute atomic E-state index is 0.0134. The van der Waals surface area contributed by atoms with Crippen LogP contribution in [0, 0.1) is 0 Å². The minimum Gasteiger partial charge on any atom is -0.393 e. The van der Waals surface area contributed by atoms with Crippen LogP contribution < -0.4 is 5.32 Å². The van der Waals surface area contributed by atoms with Gasteiger partial charge in [-0.3, -0.25) is 4.79 Å². The number of hydrogen-bond donors (Lipinski definition) is 2. The lowest BCUT2D eigenvalue weighted by Crippen LogP contribution is -2.40. The van der Waals surface area contributed by atoms with Crippen molar-refractivity contribution in [3.05, 3.63) is 47.3 Å². The number of hydrogen-bond acceptors (Lipinski definition) is 4. The van der Waals surface area contributed by atoms with Crippen molar-refractivity contribution in [1.82, 2.24) is 10.2 Å². The number of piperidine rings is 1. The Balaban J connectivity index is 1.48. The summed E-state index contributed by atoms with van der Waals surface area (Å²) in [7, 11) is 0. The standard InChI is InChI=1S/C18H22N2O2S/c21-16-6-9-20(10-7-16)11-8-19-18(22)15-12-17(23-13-15)14-4-2-1-3-5-14/h1-5,12-13,16,21H,6-11H2,(H,19,22). The molecule has 3 rings (SSSR count). The summed E-state index contributed by atoms with van der Waals surface area (Å²) in [5.41, 5.74) is 1.87. The highest BCUT2D eigenvalue weighted by atomic mass is 32.1. The molecule has 0 spiro atoms. The first kappa shape index (κ1) is 16.2. The fourth-order valence-corrected chi connectivity index (χ4v) is 3.68. The number of carbonyl (C=O) groups is 1. The third-order valence-electron chi connectivity index (χ3n) is 4.19. The van der Waals surface area contributed by atoms with E-state index < -0.39 is 0 Å². The summed E-state index contributed by atoms with van der Waals surface area (Å²) in [6.07, 6.45) is 1.51. The van der Waals surface area contributed by atoms with E-state index in [0.717, 1.165) is 48.5 Å². The number of aliphatic hydroxyl groups is 1. The Bertz CT molecular complexity index is 633. The predicted octanol–water partition coefficient (Wildman–Crippen LogP) is 2.60. The Labute approximate surface area is 140 Å². The Morgan fingerprint density at radius 3 is 2.74 bits per heavy atom. The smallest absolute Gasteiger partial charge is 0.252 e. The second-order valence-corrected chi connectivity index (χ2v) is 6.81. The van der Waals surface area contributed by atoms with Gasteiger partial charge < -0.3 is 15.3 Å². The largest absolute Gasteiger partial charge is 0.393 e. The van der Waals surface area contributed by atoms with Gasteiger partial charge in [-0.15, -0.1) is 11.3 Å². The number of aliphatic hydroxyl groups excluding tert-OH is 1. The Hall–Kier alpha value is -1.69. The molecule has 1 aromatic heterocycles.